The maximum Gasteiger partial charge on any atom is 0.305 e. The van der Waals surface area contributed by atoms with Gasteiger partial charge in [0.05, 0.1) is 19.0 Å². The number of thiophene rings is 1. The Morgan fingerprint density at radius 1 is 1.45 bits per heavy atom. The molecule has 0 aliphatic carbocycles. The Morgan fingerprint density at radius 2 is 2.20 bits per heavy atom. The zero-order valence-corrected chi connectivity index (χ0v) is 12.0. The van der Waals surface area contributed by atoms with Crippen LogP contribution in [0.1, 0.15) is 17.3 Å². The first kappa shape index (κ1) is 15.0. The molecule has 0 saturated carbocycles. The van der Waals surface area contributed by atoms with Crippen LogP contribution in [0, 0.1) is 0 Å². The van der Waals surface area contributed by atoms with E-state index in [2.05, 4.69) is 15.5 Å². The summed E-state index contributed by atoms with van der Waals surface area (Å²) in [5.74, 6) is -1.03. The zero-order chi connectivity index (χ0) is 14.4. The molecule has 0 bridgehead atoms. The van der Waals surface area contributed by atoms with Crippen LogP contribution < -0.4 is 10.6 Å². The summed E-state index contributed by atoms with van der Waals surface area (Å²) in [5.41, 5.74) is 0. The Balaban J connectivity index is 1.89. The molecule has 2 heterocycles. The highest BCUT2D eigenvalue weighted by Gasteiger charge is 2.20. The largest absolute Gasteiger partial charge is 0.481 e. The van der Waals surface area contributed by atoms with Crippen molar-refractivity contribution in [1.29, 1.82) is 0 Å². The Morgan fingerprint density at radius 3 is 2.80 bits per heavy atom. The minimum absolute atomic E-state index is 0.0895. The van der Waals surface area contributed by atoms with Gasteiger partial charge in [-0.25, -0.2) is 0 Å². The van der Waals surface area contributed by atoms with Crippen molar-refractivity contribution in [3.05, 3.63) is 22.4 Å². The molecule has 1 amide bonds. The number of carbonyl (C=O) groups is 2. The van der Waals surface area contributed by atoms with E-state index < -0.39 is 12.0 Å². The maximum atomic E-state index is 12.0. The third kappa shape index (κ3) is 4.59. The SMILES string of the molecule is O=C(O)CC(NC(=O)CN1CCNCC1)c1cccs1. The van der Waals surface area contributed by atoms with Crippen molar-refractivity contribution in [3.63, 3.8) is 0 Å². The lowest BCUT2D eigenvalue weighted by Gasteiger charge is -2.27. The number of carboxylic acid groups (broad SMARTS) is 1. The average molecular weight is 297 g/mol. The summed E-state index contributed by atoms with van der Waals surface area (Å²) in [6.07, 6.45) is -0.0895. The predicted molar refractivity (Wildman–Crippen MR) is 76.8 cm³/mol. The highest BCUT2D eigenvalue weighted by molar-refractivity contribution is 7.10. The molecule has 0 aromatic carbocycles. The first-order valence-corrected chi connectivity index (χ1v) is 7.51. The fourth-order valence-electron chi connectivity index (χ4n) is 2.20. The number of piperazine rings is 1. The Labute approximate surface area is 121 Å². The molecule has 1 unspecified atom stereocenters. The highest BCUT2D eigenvalue weighted by Crippen LogP contribution is 2.21. The topological polar surface area (TPSA) is 81.7 Å². The van der Waals surface area contributed by atoms with Crippen molar-refractivity contribution in [3.8, 4) is 0 Å². The third-order valence-electron chi connectivity index (χ3n) is 3.18. The predicted octanol–water partition coefficient (Wildman–Crippen LogP) is 0.285. The van der Waals surface area contributed by atoms with E-state index in [4.69, 9.17) is 5.11 Å². The van der Waals surface area contributed by atoms with Gasteiger partial charge in [-0.2, -0.15) is 0 Å². The van der Waals surface area contributed by atoms with Crippen molar-refractivity contribution in [2.75, 3.05) is 32.7 Å². The van der Waals surface area contributed by atoms with Gasteiger partial charge in [0, 0.05) is 31.1 Å². The van der Waals surface area contributed by atoms with Crippen LogP contribution in [0.3, 0.4) is 0 Å². The molecule has 7 heteroatoms. The lowest BCUT2D eigenvalue weighted by Crippen LogP contribution is -2.48. The molecule has 1 aliphatic heterocycles. The number of nitrogens with one attached hydrogen (secondary N) is 2. The van der Waals surface area contributed by atoms with E-state index in [0.29, 0.717) is 6.54 Å². The number of hydrogen-bond acceptors (Lipinski definition) is 5. The minimum Gasteiger partial charge on any atom is -0.481 e. The number of hydrogen-bond donors (Lipinski definition) is 3. The van der Waals surface area contributed by atoms with E-state index in [0.717, 1.165) is 31.1 Å². The molecule has 1 atom stereocenters. The molecule has 6 nitrogen and oxygen atoms in total. The summed E-state index contributed by atoms with van der Waals surface area (Å²) in [7, 11) is 0. The van der Waals surface area contributed by atoms with E-state index in [1.54, 1.807) is 0 Å². The number of amides is 1. The molecule has 1 aromatic rings. The van der Waals surface area contributed by atoms with E-state index in [9.17, 15) is 9.59 Å². The summed E-state index contributed by atoms with van der Waals surface area (Å²) in [5, 5.41) is 16.9. The van der Waals surface area contributed by atoms with E-state index in [1.165, 1.54) is 11.3 Å². The van der Waals surface area contributed by atoms with Crippen molar-refractivity contribution >= 4 is 23.2 Å². The van der Waals surface area contributed by atoms with Crippen LogP contribution in [0.5, 0.6) is 0 Å². The Kier molecular flexibility index (Phi) is 5.51. The molecule has 0 spiro atoms. The van der Waals surface area contributed by atoms with Gasteiger partial charge in [0.25, 0.3) is 0 Å². The summed E-state index contributed by atoms with van der Waals surface area (Å²) in [4.78, 5) is 25.9. The van der Waals surface area contributed by atoms with Gasteiger partial charge < -0.3 is 15.7 Å². The van der Waals surface area contributed by atoms with Gasteiger partial charge in [-0.15, -0.1) is 11.3 Å². The van der Waals surface area contributed by atoms with Crippen LogP contribution in [0.2, 0.25) is 0 Å². The van der Waals surface area contributed by atoms with Gasteiger partial charge in [-0.05, 0) is 11.4 Å². The normalized spacial score (nSPS) is 17.6. The van der Waals surface area contributed by atoms with Crippen LogP contribution in [0.4, 0.5) is 0 Å². The smallest absolute Gasteiger partial charge is 0.305 e. The van der Waals surface area contributed by atoms with Gasteiger partial charge in [-0.3, -0.25) is 14.5 Å². The zero-order valence-electron chi connectivity index (χ0n) is 11.2. The molecular weight excluding hydrogens is 278 g/mol. The molecule has 1 aromatic heterocycles. The molecule has 110 valence electrons. The van der Waals surface area contributed by atoms with Crippen LogP contribution in [0.25, 0.3) is 0 Å². The molecule has 1 saturated heterocycles. The molecule has 1 aliphatic rings. The lowest BCUT2D eigenvalue weighted by atomic mass is 10.1. The minimum atomic E-state index is -0.911. The first-order chi connectivity index (χ1) is 9.65. The number of carboxylic acids is 1. The lowest BCUT2D eigenvalue weighted by molar-refractivity contribution is -0.137. The van der Waals surface area contributed by atoms with Crippen molar-refractivity contribution in [1.82, 2.24) is 15.5 Å². The van der Waals surface area contributed by atoms with E-state index in [1.807, 2.05) is 17.5 Å². The second-order valence-electron chi connectivity index (χ2n) is 4.76. The average Bonchev–Trinajstić information content (AvgIpc) is 2.92. The van der Waals surface area contributed by atoms with Crippen molar-refractivity contribution < 1.29 is 14.7 Å². The van der Waals surface area contributed by atoms with Crippen LogP contribution in [-0.4, -0.2) is 54.6 Å². The fraction of sp³-hybridized carbons (Fsp3) is 0.538. The van der Waals surface area contributed by atoms with Crippen LogP contribution in [-0.2, 0) is 9.59 Å². The third-order valence-corrected chi connectivity index (χ3v) is 4.16. The second kappa shape index (κ2) is 7.37. The molecule has 20 heavy (non-hydrogen) atoms. The number of aliphatic carboxylic acids is 1. The van der Waals surface area contributed by atoms with Crippen molar-refractivity contribution in [2.24, 2.45) is 0 Å². The fourth-order valence-corrected chi connectivity index (χ4v) is 2.98. The number of nitrogens with zero attached hydrogens (tertiary/aromatic N) is 1. The van der Waals surface area contributed by atoms with Gasteiger partial charge in [0.1, 0.15) is 0 Å². The summed E-state index contributed by atoms with van der Waals surface area (Å²) < 4.78 is 0. The molecular formula is C13H19N3O3S. The first-order valence-electron chi connectivity index (χ1n) is 6.63. The monoisotopic (exact) mass is 297 g/mol. The quantitative estimate of drug-likeness (QED) is 0.703. The molecule has 2 rings (SSSR count). The summed E-state index contributed by atoms with van der Waals surface area (Å²) in [6.45, 7) is 3.78. The van der Waals surface area contributed by atoms with Gasteiger partial charge in [0.15, 0.2) is 0 Å². The standard InChI is InChI=1S/C13H19N3O3S/c17-12(9-16-5-3-14-4-6-16)15-10(8-13(18)19)11-2-1-7-20-11/h1-2,7,10,14H,3-6,8-9H2,(H,15,17)(H,18,19). The van der Waals surface area contributed by atoms with Gasteiger partial charge in [0.2, 0.25) is 5.91 Å². The molecule has 0 radical (unpaired) electrons. The summed E-state index contributed by atoms with van der Waals surface area (Å²) >= 11 is 1.46. The highest BCUT2D eigenvalue weighted by atomic mass is 32.1. The number of carbonyl (C=O) groups excluding carboxylic acids is 1. The van der Waals surface area contributed by atoms with Crippen LogP contribution >= 0.6 is 11.3 Å². The Bertz CT molecular complexity index is 444. The Hall–Kier alpha value is -1.44. The number of rotatable bonds is 6. The van der Waals surface area contributed by atoms with Gasteiger partial charge in [-0.1, -0.05) is 6.07 Å². The molecule has 3 N–H and O–H groups in total. The maximum absolute atomic E-state index is 12.0. The van der Waals surface area contributed by atoms with Gasteiger partial charge >= 0.3 is 5.97 Å². The summed E-state index contributed by atoms with van der Waals surface area (Å²) in [6, 6.07) is 3.27. The van der Waals surface area contributed by atoms with Crippen LogP contribution in [0.15, 0.2) is 17.5 Å². The van der Waals surface area contributed by atoms with Crippen molar-refractivity contribution in [2.45, 2.75) is 12.5 Å². The van der Waals surface area contributed by atoms with E-state index >= 15 is 0 Å². The van der Waals surface area contributed by atoms with E-state index in [-0.39, 0.29) is 12.3 Å². The second-order valence-corrected chi connectivity index (χ2v) is 5.74. The molecule has 1 fully saturated rings.